The second-order valence-electron chi connectivity index (χ2n) is 4.32. The van der Waals surface area contributed by atoms with Gasteiger partial charge in [0.2, 0.25) is 0 Å². The third-order valence-corrected chi connectivity index (χ3v) is 3.00. The van der Waals surface area contributed by atoms with Crippen LogP contribution in [0.15, 0.2) is 36.4 Å². The van der Waals surface area contributed by atoms with E-state index in [2.05, 4.69) is 0 Å². The van der Waals surface area contributed by atoms with E-state index >= 15 is 0 Å². The normalized spacial score (nSPS) is 10.4. The summed E-state index contributed by atoms with van der Waals surface area (Å²) >= 11 is 6.00. The predicted molar refractivity (Wildman–Crippen MR) is 75.3 cm³/mol. The minimum atomic E-state index is 0.510. The summed E-state index contributed by atoms with van der Waals surface area (Å²) < 4.78 is 5.92. The Morgan fingerprint density at radius 2 is 1.78 bits per heavy atom. The van der Waals surface area contributed by atoms with Gasteiger partial charge in [-0.15, -0.1) is 0 Å². The van der Waals surface area contributed by atoms with Gasteiger partial charge in [0.05, 0.1) is 0 Å². The van der Waals surface area contributed by atoms with Crippen molar-refractivity contribution in [3.63, 3.8) is 0 Å². The lowest BCUT2D eigenvalue weighted by Gasteiger charge is -2.12. The molecule has 18 heavy (non-hydrogen) atoms. The molecular formula is C15H16ClNO. The largest absolute Gasteiger partial charge is 0.457 e. The molecule has 3 heteroatoms. The van der Waals surface area contributed by atoms with Crippen molar-refractivity contribution in [2.24, 2.45) is 5.73 Å². The molecule has 0 amide bonds. The van der Waals surface area contributed by atoms with Crippen molar-refractivity contribution in [1.29, 1.82) is 0 Å². The van der Waals surface area contributed by atoms with Gasteiger partial charge in [0.1, 0.15) is 11.5 Å². The molecule has 0 aliphatic carbocycles. The zero-order valence-electron chi connectivity index (χ0n) is 10.5. The number of rotatable bonds is 3. The molecule has 0 fully saturated rings. The van der Waals surface area contributed by atoms with Crippen LogP contribution in [-0.4, -0.2) is 0 Å². The van der Waals surface area contributed by atoms with Crippen molar-refractivity contribution in [1.82, 2.24) is 0 Å². The Labute approximate surface area is 112 Å². The molecule has 0 saturated heterocycles. The number of benzene rings is 2. The highest BCUT2D eigenvalue weighted by atomic mass is 35.5. The quantitative estimate of drug-likeness (QED) is 0.898. The molecule has 0 heterocycles. The van der Waals surface area contributed by atoms with Gasteiger partial charge in [-0.1, -0.05) is 23.7 Å². The van der Waals surface area contributed by atoms with Crippen LogP contribution in [-0.2, 0) is 6.54 Å². The molecule has 0 bridgehead atoms. The van der Waals surface area contributed by atoms with Crippen LogP contribution in [0.25, 0.3) is 0 Å². The van der Waals surface area contributed by atoms with Crippen LogP contribution in [0.3, 0.4) is 0 Å². The standard InChI is InChI=1S/C15H16ClNO/c1-10-6-13(16)7-11(2)15(10)18-14-5-3-4-12(8-14)9-17/h3-8H,9,17H2,1-2H3. The number of nitrogens with two attached hydrogens (primary N) is 1. The van der Waals surface area contributed by atoms with Crippen molar-refractivity contribution in [2.75, 3.05) is 0 Å². The molecule has 0 aromatic heterocycles. The van der Waals surface area contributed by atoms with Gasteiger partial charge in [-0.05, 0) is 54.8 Å². The molecule has 0 saturated carbocycles. The molecule has 0 aliphatic rings. The van der Waals surface area contributed by atoms with E-state index in [1.54, 1.807) is 0 Å². The smallest absolute Gasteiger partial charge is 0.133 e. The van der Waals surface area contributed by atoms with E-state index in [1.807, 2.05) is 50.2 Å². The molecule has 2 rings (SSSR count). The molecule has 2 N–H and O–H groups in total. The van der Waals surface area contributed by atoms with Gasteiger partial charge < -0.3 is 10.5 Å². The first-order chi connectivity index (χ1) is 8.60. The second-order valence-corrected chi connectivity index (χ2v) is 4.76. The van der Waals surface area contributed by atoms with Crippen LogP contribution in [0.1, 0.15) is 16.7 Å². The monoisotopic (exact) mass is 261 g/mol. The topological polar surface area (TPSA) is 35.2 Å². The summed E-state index contributed by atoms with van der Waals surface area (Å²) in [6.07, 6.45) is 0. The van der Waals surface area contributed by atoms with E-state index in [0.717, 1.165) is 33.2 Å². The van der Waals surface area contributed by atoms with Crippen molar-refractivity contribution < 1.29 is 4.74 Å². The average molecular weight is 262 g/mol. The number of ether oxygens (including phenoxy) is 1. The fourth-order valence-electron chi connectivity index (χ4n) is 1.91. The Morgan fingerprint density at radius 3 is 2.39 bits per heavy atom. The molecule has 0 aliphatic heterocycles. The van der Waals surface area contributed by atoms with Gasteiger partial charge in [0.15, 0.2) is 0 Å². The fourth-order valence-corrected chi connectivity index (χ4v) is 2.24. The highest BCUT2D eigenvalue weighted by Gasteiger charge is 2.07. The highest BCUT2D eigenvalue weighted by Crippen LogP contribution is 2.31. The second kappa shape index (κ2) is 5.42. The Bertz CT molecular complexity index is 543. The lowest BCUT2D eigenvalue weighted by Crippen LogP contribution is -1.97. The molecule has 0 unspecified atom stereocenters. The molecular weight excluding hydrogens is 246 g/mol. The minimum Gasteiger partial charge on any atom is -0.457 e. The van der Waals surface area contributed by atoms with Crippen molar-refractivity contribution in [3.05, 3.63) is 58.1 Å². The first kappa shape index (κ1) is 12.9. The van der Waals surface area contributed by atoms with Gasteiger partial charge in [0, 0.05) is 11.6 Å². The first-order valence-corrected chi connectivity index (χ1v) is 6.21. The van der Waals surface area contributed by atoms with Crippen molar-refractivity contribution in [3.8, 4) is 11.5 Å². The summed E-state index contributed by atoms with van der Waals surface area (Å²) in [7, 11) is 0. The third-order valence-electron chi connectivity index (χ3n) is 2.78. The molecule has 0 spiro atoms. The Hall–Kier alpha value is -1.51. The summed E-state index contributed by atoms with van der Waals surface area (Å²) in [6, 6.07) is 11.6. The van der Waals surface area contributed by atoms with E-state index in [9.17, 15) is 0 Å². The molecule has 0 atom stereocenters. The maximum atomic E-state index is 6.00. The lowest BCUT2D eigenvalue weighted by atomic mass is 10.1. The maximum Gasteiger partial charge on any atom is 0.133 e. The maximum absolute atomic E-state index is 6.00. The van der Waals surface area contributed by atoms with E-state index in [-0.39, 0.29) is 0 Å². The van der Waals surface area contributed by atoms with E-state index in [0.29, 0.717) is 6.54 Å². The van der Waals surface area contributed by atoms with Crippen LogP contribution in [0, 0.1) is 13.8 Å². The van der Waals surface area contributed by atoms with Gasteiger partial charge in [-0.25, -0.2) is 0 Å². The number of aryl methyl sites for hydroxylation is 2. The average Bonchev–Trinajstić information content (AvgIpc) is 2.34. The predicted octanol–water partition coefficient (Wildman–Crippen LogP) is 4.21. The first-order valence-electron chi connectivity index (χ1n) is 5.84. The molecule has 0 radical (unpaired) electrons. The van der Waals surface area contributed by atoms with Gasteiger partial charge in [-0.3, -0.25) is 0 Å². The van der Waals surface area contributed by atoms with E-state index < -0.39 is 0 Å². The van der Waals surface area contributed by atoms with Gasteiger partial charge in [0.25, 0.3) is 0 Å². The zero-order valence-corrected chi connectivity index (χ0v) is 11.3. The van der Waals surface area contributed by atoms with E-state index in [1.165, 1.54) is 0 Å². The summed E-state index contributed by atoms with van der Waals surface area (Å²) in [5, 5.41) is 0.730. The highest BCUT2D eigenvalue weighted by molar-refractivity contribution is 6.30. The molecule has 2 aromatic carbocycles. The summed E-state index contributed by atoms with van der Waals surface area (Å²) in [6.45, 7) is 4.48. The van der Waals surface area contributed by atoms with Crippen LogP contribution in [0.5, 0.6) is 11.5 Å². The Kier molecular flexibility index (Phi) is 3.90. The lowest BCUT2D eigenvalue weighted by molar-refractivity contribution is 0.474. The molecule has 2 nitrogen and oxygen atoms in total. The molecule has 2 aromatic rings. The van der Waals surface area contributed by atoms with Crippen LogP contribution in [0.2, 0.25) is 5.02 Å². The summed E-state index contributed by atoms with van der Waals surface area (Å²) in [5.41, 5.74) is 8.72. The number of halogens is 1. The van der Waals surface area contributed by atoms with Crippen LogP contribution >= 0.6 is 11.6 Å². The molecule has 94 valence electrons. The van der Waals surface area contributed by atoms with Gasteiger partial charge >= 0.3 is 0 Å². The van der Waals surface area contributed by atoms with Gasteiger partial charge in [-0.2, -0.15) is 0 Å². The van der Waals surface area contributed by atoms with Crippen molar-refractivity contribution >= 4 is 11.6 Å². The van der Waals surface area contributed by atoms with Crippen molar-refractivity contribution in [2.45, 2.75) is 20.4 Å². The minimum absolute atomic E-state index is 0.510. The third kappa shape index (κ3) is 2.84. The Balaban J connectivity index is 2.33. The Morgan fingerprint density at radius 1 is 1.11 bits per heavy atom. The summed E-state index contributed by atoms with van der Waals surface area (Å²) in [4.78, 5) is 0. The zero-order chi connectivity index (χ0) is 13.1. The van der Waals surface area contributed by atoms with E-state index in [4.69, 9.17) is 22.1 Å². The summed E-state index contributed by atoms with van der Waals surface area (Å²) in [5.74, 6) is 1.65. The number of hydrogen-bond donors (Lipinski definition) is 1. The van der Waals surface area contributed by atoms with Crippen LogP contribution in [0.4, 0.5) is 0 Å². The number of hydrogen-bond acceptors (Lipinski definition) is 2. The van der Waals surface area contributed by atoms with Crippen LogP contribution < -0.4 is 10.5 Å². The SMILES string of the molecule is Cc1cc(Cl)cc(C)c1Oc1cccc(CN)c1. The fraction of sp³-hybridized carbons (Fsp3) is 0.200.